The van der Waals surface area contributed by atoms with Crippen molar-refractivity contribution in [2.24, 2.45) is 0 Å². The summed E-state index contributed by atoms with van der Waals surface area (Å²) in [5.74, 6) is -1.11. The molecule has 0 saturated carbocycles. The Morgan fingerprint density at radius 2 is 2.00 bits per heavy atom. The van der Waals surface area contributed by atoms with Gasteiger partial charge in [0, 0.05) is 18.1 Å². The third kappa shape index (κ3) is 3.45. The van der Waals surface area contributed by atoms with Gasteiger partial charge in [-0.15, -0.1) is 0 Å². The second-order valence-electron chi connectivity index (χ2n) is 5.87. The highest BCUT2D eigenvalue weighted by atomic mass is 19.1. The third-order valence-corrected chi connectivity index (χ3v) is 3.97. The summed E-state index contributed by atoms with van der Waals surface area (Å²) >= 11 is 0. The maximum atomic E-state index is 13.7. The van der Waals surface area contributed by atoms with E-state index in [0.717, 1.165) is 11.1 Å². The van der Waals surface area contributed by atoms with E-state index < -0.39 is 17.2 Å². The summed E-state index contributed by atoms with van der Waals surface area (Å²) in [5, 5.41) is 0.291. The van der Waals surface area contributed by atoms with Gasteiger partial charge >= 0.3 is 5.97 Å². The molecule has 1 heterocycles. The number of aryl methyl sites for hydroxylation is 1. The molecule has 0 saturated heterocycles. The van der Waals surface area contributed by atoms with Crippen molar-refractivity contribution >= 4 is 16.9 Å². The van der Waals surface area contributed by atoms with Gasteiger partial charge < -0.3 is 9.30 Å². The van der Waals surface area contributed by atoms with E-state index in [1.165, 1.54) is 24.4 Å². The minimum Gasteiger partial charge on any atom is -0.462 e. The van der Waals surface area contributed by atoms with Crippen LogP contribution in [0.3, 0.4) is 0 Å². The molecule has 0 aliphatic heterocycles. The Morgan fingerprint density at radius 1 is 1.20 bits per heavy atom. The summed E-state index contributed by atoms with van der Waals surface area (Å²) in [7, 11) is 0. The van der Waals surface area contributed by atoms with E-state index in [4.69, 9.17) is 4.74 Å². The van der Waals surface area contributed by atoms with E-state index in [1.807, 2.05) is 31.2 Å². The summed E-state index contributed by atoms with van der Waals surface area (Å²) < 4.78 is 20.4. The van der Waals surface area contributed by atoms with Gasteiger partial charge in [-0.3, -0.25) is 4.79 Å². The smallest absolute Gasteiger partial charge is 0.343 e. The Labute approximate surface area is 144 Å². The average molecular weight is 339 g/mol. The summed E-state index contributed by atoms with van der Waals surface area (Å²) in [5.41, 5.74) is 2.03. The van der Waals surface area contributed by atoms with Gasteiger partial charge in [-0.05, 0) is 37.6 Å². The quantitative estimate of drug-likeness (QED) is 0.681. The highest BCUT2D eigenvalue weighted by Gasteiger charge is 2.17. The molecule has 3 aromatic rings. The van der Waals surface area contributed by atoms with Gasteiger partial charge in [-0.1, -0.05) is 29.8 Å². The van der Waals surface area contributed by atoms with Crippen LogP contribution in [0.4, 0.5) is 4.39 Å². The maximum absolute atomic E-state index is 13.7. The first-order valence-corrected chi connectivity index (χ1v) is 8.05. The molecule has 1 aromatic heterocycles. The van der Waals surface area contributed by atoms with Crippen LogP contribution in [-0.4, -0.2) is 17.1 Å². The zero-order valence-corrected chi connectivity index (χ0v) is 14.1. The topological polar surface area (TPSA) is 48.3 Å². The highest BCUT2D eigenvalue weighted by molar-refractivity contribution is 5.93. The molecule has 0 atom stereocenters. The van der Waals surface area contributed by atoms with Gasteiger partial charge in [0.25, 0.3) is 0 Å². The van der Waals surface area contributed by atoms with Crippen LogP contribution in [0.5, 0.6) is 0 Å². The second-order valence-corrected chi connectivity index (χ2v) is 5.87. The largest absolute Gasteiger partial charge is 0.462 e. The first kappa shape index (κ1) is 16.9. The summed E-state index contributed by atoms with van der Waals surface area (Å²) in [4.78, 5) is 24.7. The van der Waals surface area contributed by atoms with Crippen molar-refractivity contribution in [3.63, 3.8) is 0 Å². The first-order valence-electron chi connectivity index (χ1n) is 8.05. The number of hydrogen-bond donors (Lipinski definition) is 0. The van der Waals surface area contributed by atoms with Crippen molar-refractivity contribution in [3.8, 4) is 0 Å². The minimum atomic E-state index is -0.670. The fraction of sp³-hybridized carbons (Fsp3) is 0.200. The summed E-state index contributed by atoms with van der Waals surface area (Å²) in [6.07, 6.45) is 1.45. The molecule has 0 aliphatic rings. The van der Waals surface area contributed by atoms with Gasteiger partial charge in [-0.2, -0.15) is 0 Å². The average Bonchev–Trinajstić information content (AvgIpc) is 2.57. The molecule has 0 N–H and O–H groups in total. The predicted octanol–water partition coefficient (Wildman–Crippen LogP) is 3.67. The van der Waals surface area contributed by atoms with Gasteiger partial charge in [0.05, 0.1) is 12.1 Å². The van der Waals surface area contributed by atoms with Crippen LogP contribution < -0.4 is 5.43 Å². The first-order chi connectivity index (χ1) is 12.0. The van der Waals surface area contributed by atoms with E-state index in [0.29, 0.717) is 17.4 Å². The van der Waals surface area contributed by atoms with E-state index in [2.05, 4.69) is 0 Å². The number of pyridine rings is 1. The number of fused-ring (bicyclic) bond motifs is 1. The van der Waals surface area contributed by atoms with Crippen molar-refractivity contribution in [3.05, 3.63) is 81.4 Å². The van der Waals surface area contributed by atoms with E-state index in [9.17, 15) is 14.0 Å². The monoisotopic (exact) mass is 339 g/mol. The molecule has 25 heavy (non-hydrogen) atoms. The summed E-state index contributed by atoms with van der Waals surface area (Å²) in [6, 6.07) is 11.8. The van der Waals surface area contributed by atoms with Crippen LogP contribution in [0.2, 0.25) is 0 Å². The number of benzene rings is 2. The van der Waals surface area contributed by atoms with Gasteiger partial charge in [0.1, 0.15) is 11.4 Å². The molecule has 4 nitrogen and oxygen atoms in total. The number of carbonyl (C=O) groups excluding carboxylic acids is 1. The number of carbonyl (C=O) groups is 1. The molecule has 0 radical (unpaired) electrons. The lowest BCUT2D eigenvalue weighted by atomic mass is 10.1. The van der Waals surface area contributed by atoms with Crippen LogP contribution >= 0.6 is 0 Å². The van der Waals surface area contributed by atoms with E-state index >= 15 is 0 Å². The number of halogens is 1. The van der Waals surface area contributed by atoms with Crippen molar-refractivity contribution in [1.82, 2.24) is 4.57 Å². The number of ether oxygens (including phenoxy) is 1. The fourth-order valence-electron chi connectivity index (χ4n) is 2.86. The molecule has 0 unspecified atom stereocenters. The van der Waals surface area contributed by atoms with Crippen LogP contribution in [-0.2, 0) is 11.3 Å². The molecule has 0 amide bonds. The normalized spacial score (nSPS) is 10.8. The Hall–Kier alpha value is -2.95. The lowest BCUT2D eigenvalue weighted by Crippen LogP contribution is -2.21. The lowest BCUT2D eigenvalue weighted by molar-refractivity contribution is 0.0524. The number of esters is 1. The molecule has 128 valence electrons. The van der Waals surface area contributed by atoms with Crippen molar-refractivity contribution < 1.29 is 13.9 Å². The Balaban J connectivity index is 2.21. The number of hydrogen-bond acceptors (Lipinski definition) is 3. The lowest BCUT2D eigenvalue weighted by Gasteiger charge is -2.14. The molecule has 0 fully saturated rings. The van der Waals surface area contributed by atoms with E-state index in [-0.39, 0.29) is 12.2 Å². The van der Waals surface area contributed by atoms with Crippen molar-refractivity contribution in [2.45, 2.75) is 20.4 Å². The predicted molar refractivity (Wildman–Crippen MR) is 94.4 cm³/mol. The zero-order valence-electron chi connectivity index (χ0n) is 14.1. The second kappa shape index (κ2) is 6.89. The molecule has 3 rings (SSSR count). The molecule has 2 aromatic carbocycles. The minimum absolute atomic E-state index is 0.0476. The SMILES string of the molecule is CCOC(=O)c1cn(Cc2cccc(C)c2)c2cc(F)ccc2c1=O. The van der Waals surface area contributed by atoms with Gasteiger partial charge in [-0.25, -0.2) is 9.18 Å². The molecule has 5 heteroatoms. The number of nitrogens with zero attached hydrogens (tertiary/aromatic N) is 1. The Morgan fingerprint density at radius 3 is 2.72 bits per heavy atom. The highest BCUT2D eigenvalue weighted by Crippen LogP contribution is 2.17. The summed E-state index contributed by atoms with van der Waals surface area (Å²) in [6.45, 7) is 4.25. The number of aromatic nitrogens is 1. The van der Waals surface area contributed by atoms with E-state index in [1.54, 1.807) is 11.5 Å². The van der Waals surface area contributed by atoms with Crippen LogP contribution in [0.25, 0.3) is 10.9 Å². The van der Waals surface area contributed by atoms with Crippen LogP contribution in [0.15, 0.2) is 53.5 Å². The Bertz CT molecular complexity index is 1010. The molecule has 0 aliphatic carbocycles. The van der Waals surface area contributed by atoms with Crippen LogP contribution in [0, 0.1) is 12.7 Å². The number of rotatable bonds is 4. The molecular weight excluding hydrogens is 321 g/mol. The Kier molecular flexibility index (Phi) is 4.65. The molecule has 0 spiro atoms. The fourth-order valence-corrected chi connectivity index (χ4v) is 2.86. The molecule has 0 bridgehead atoms. The standard InChI is InChI=1S/C20H18FNO3/c1-3-25-20(24)17-12-22(11-14-6-4-5-13(2)9-14)18-10-15(21)7-8-16(18)19(17)23/h4-10,12H,3,11H2,1-2H3. The van der Waals surface area contributed by atoms with Gasteiger partial charge in [0.15, 0.2) is 0 Å². The van der Waals surface area contributed by atoms with Crippen LogP contribution in [0.1, 0.15) is 28.4 Å². The van der Waals surface area contributed by atoms with Crippen molar-refractivity contribution in [1.29, 1.82) is 0 Å². The van der Waals surface area contributed by atoms with Gasteiger partial charge in [0.2, 0.25) is 5.43 Å². The maximum Gasteiger partial charge on any atom is 0.343 e. The third-order valence-electron chi connectivity index (χ3n) is 3.97. The van der Waals surface area contributed by atoms with Crippen molar-refractivity contribution in [2.75, 3.05) is 6.61 Å². The molecular formula is C20H18FNO3. The zero-order chi connectivity index (χ0) is 18.0.